The quantitative estimate of drug-likeness (QED) is 0.803. The molecule has 0 bridgehead atoms. The van der Waals surface area contributed by atoms with Crippen LogP contribution in [0.1, 0.15) is 5.56 Å². The van der Waals surface area contributed by atoms with Crippen molar-refractivity contribution in [2.24, 2.45) is 7.05 Å². The third-order valence-electron chi connectivity index (χ3n) is 3.34. The van der Waals surface area contributed by atoms with Crippen LogP contribution in [-0.4, -0.2) is 13.0 Å². The first-order valence-corrected chi connectivity index (χ1v) is 8.04. The Morgan fingerprint density at radius 1 is 1.14 bits per heavy atom. The highest BCUT2D eigenvalue weighted by Gasteiger charge is 2.17. The van der Waals surface area contributed by atoms with Crippen molar-refractivity contribution in [3.8, 4) is 0 Å². The lowest BCUT2D eigenvalue weighted by Crippen LogP contribution is -2.13. The van der Waals surface area contributed by atoms with Gasteiger partial charge in [0, 0.05) is 18.8 Å². The smallest absolute Gasteiger partial charge is 0.408 e. The summed E-state index contributed by atoms with van der Waals surface area (Å²) < 4.78 is 33.7. The second kappa shape index (κ2) is 5.03. The highest BCUT2D eigenvalue weighted by atomic mass is 32.2. The first-order chi connectivity index (χ1) is 10.4. The highest BCUT2D eigenvalue weighted by Crippen LogP contribution is 2.21. The van der Waals surface area contributed by atoms with Crippen LogP contribution in [0.25, 0.3) is 11.1 Å². The molecule has 0 aliphatic carbocycles. The number of hydrogen-bond donors (Lipinski definition) is 1. The Labute approximate surface area is 127 Å². The average molecular weight is 318 g/mol. The van der Waals surface area contributed by atoms with E-state index in [2.05, 4.69) is 4.72 Å². The van der Waals surface area contributed by atoms with E-state index in [9.17, 15) is 13.2 Å². The number of fused-ring (bicyclic) bond motifs is 1. The molecular formula is C15H14N2O4S. The van der Waals surface area contributed by atoms with E-state index in [1.165, 1.54) is 16.7 Å². The highest BCUT2D eigenvalue weighted by molar-refractivity contribution is 7.92. The molecule has 0 fully saturated rings. The summed E-state index contributed by atoms with van der Waals surface area (Å²) in [5.41, 5.74) is 2.21. The number of aryl methyl sites for hydroxylation is 2. The standard InChI is InChI=1S/C15H14N2O4S/c1-10-4-3-5-11(8-10)16-22(19,20)12-6-7-13-14(9-12)21-15(18)17(13)2/h3-9,16H,1-2H3. The van der Waals surface area contributed by atoms with Crippen LogP contribution in [0.4, 0.5) is 5.69 Å². The number of rotatable bonds is 3. The van der Waals surface area contributed by atoms with Crippen molar-refractivity contribution < 1.29 is 12.8 Å². The van der Waals surface area contributed by atoms with Crippen molar-refractivity contribution in [1.29, 1.82) is 0 Å². The number of oxazole rings is 1. The van der Waals surface area contributed by atoms with E-state index < -0.39 is 15.8 Å². The van der Waals surface area contributed by atoms with E-state index in [0.29, 0.717) is 11.2 Å². The van der Waals surface area contributed by atoms with Gasteiger partial charge in [-0.1, -0.05) is 12.1 Å². The maximum absolute atomic E-state index is 12.4. The normalized spacial score (nSPS) is 11.7. The van der Waals surface area contributed by atoms with Crippen molar-refractivity contribution in [1.82, 2.24) is 4.57 Å². The van der Waals surface area contributed by atoms with Gasteiger partial charge in [-0.25, -0.2) is 13.2 Å². The molecule has 0 aliphatic heterocycles. The van der Waals surface area contributed by atoms with Gasteiger partial charge in [0.25, 0.3) is 10.0 Å². The molecule has 1 aromatic heterocycles. The van der Waals surface area contributed by atoms with Gasteiger partial charge in [0.2, 0.25) is 0 Å². The molecule has 22 heavy (non-hydrogen) atoms. The van der Waals surface area contributed by atoms with Crippen molar-refractivity contribution in [2.45, 2.75) is 11.8 Å². The third kappa shape index (κ3) is 2.50. The zero-order valence-electron chi connectivity index (χ0n) is 12.0. The molecular weight excluding hydrogens is 304 g/mol. The molecule has 0 aliphatic rings. The third-order valence-corrected chi connectivity index (χ3v) is 4.72. The molecule has 7 heteroatoms. The molecule has 0 atom stereocenters. The second-order valence-electron chi connectivity index (χ2n) is 5.03. The number of nitrogens with zero attached hydrogens (tertiary/aromatic N) is 1. The van der Waals surface area contributed by atoms with Crippen LogP contribution in [0.2, 0.25) is 0 Å². The van der Waals surface area contributed by atoms with E-state index in [-0.39, 0.29) is 10.5 Å². The molecule has 114 valence electrons. The SMILES string of the molecule is Cc1cccc(NS(=O)(=O)c2ccc3c(c2)oc(=O)n3C)c1. The average Bonchev–Trinajstić information content (AvgIpc) is 2.73. The van der Waals surface area contributed by atoms with Crippen molar-refractivity contribution >= 4 is 26.8 Å². The van der Waals surface area contributed by atoms with Crippen LogP contribution in [0.15, 0.2) is 56.6 Å². The molecule has 3 aromatic rings. The van der Waals surface area contributed by atoms with Gasteiger partial charge in [-0.2, -0.15) is 0 Å². The zero-order chi connectivity index (χ0) is 15.9. The lowest BCUT2D eigenvalue weighted by molar-refractivity contribution is 0.527. The minimum atomic E-state index is -3.75. The van der Waals surface area contributed by atoms with Crippen LogP contribution in [-0.2, 0) is 17.1 Å². The summed E-state index contributed by atoms with van der Waals surface area (Å²) in [6.07, 6.45) is 0. The number of benzene rings is 2. The Hall–Kier alpha value is -2.54. The first-order valence-electron chi connectivity index (χ1n) is 6.56. The second-order valence-corrected chi connectivity index (χ2v) is 6.71. The number of sulfonamides is 1. The van der Waals surface area contributed by atoms with Gasteiger partial charge < -0.3 is 4.42 Å². The molecule has 0 spiro atoms. The summed E-state index contributed by atoms with van der Waals surface area (Å²) in [6, 6.07) is 11.4. The van der Waals surface area contributed by atoms with Gasteiger partial charge in [-0.05, 0) is 36.8 Å². The molecule has 0 radical (unpaired) electrons. The maximum atomic E-state index is 12.4. The van der Waals surface area contributed by atoms with Gasteiger partial charge in [-0.3, -0.25) is 9.29 Å². The molecule has 1 heterocycles. The molecule has 1 N–H and O–H groups in total. The summed E-state index contributed by atoms with van der Waals surface area (Å²) in [5, 5.41) is 0. The van der Waals surface area contributed by atoms with Crippen LogP contribution in [0.5, 0.6) is 0 Å². The maximum Gasteiger partial charge on any atom is 0.419 e. The predicted molar refractivity (Wildman–Crippen MR) is 83.4 cm³/mol. The molecule has 0 saturated carbocycles. The lowest BCUT2D eigenvalue weighted by atomic mass is 10.2. The number of anilines is 1. The van der Waals surface area contributed by atoms with Gasteiger partial charge >= 0.3 is 5.76 Å². The van der Waals surface area contributed by atoms with E-state index >= 15 is 0 Å². The summed E-state index contributed by atoms with van der Waals surface area (Å²) >= 11 is 0. The van der Waals surface area contributed by atoms with Gasteiger partial charge in [-0.15, -0.1) is 0 Å². The largest absolute Gasteiger partial charge is 0.419 e. The lowest BCUT2D eigenvalue weighted by Gasteiger charge is -2.08. The van der Waals surface area contributed by atoms with Crippen LogP contribution in [0, 0.1) is 6.92 Å². The zero-order valence-corrected chi connectivity index (χ0v) is 12.8. The summed E-state index contributed by atoms with van der Waals surface area (Å²) in [5.74, 6) is -0.531. The van der Waals surface area contributed by atoms with E-state index in [4.69, 9.17) is 4.42 Å². The number of aromatic nitrogens is 1. The summed E-state index contributed by atoms with van der Waals surface area (Å²) in [7, 11) is -2.18. The minimum absolute atomic E-state index is 0.0378. The number of hydrogen-bond acceptors (Lipinski definition) is 4. The molecule has 0 amide bonds. The summed E-state index contributed by atoms with van der Waals surface area (Å²) in [4.78, 5) is 11.5. The van der Waals surface area contributed by atoms with E-state index in [0.717, 1.165) is 5.56 Å². The molecule has 6 nitrogen and oxygen atoms in total. The Bertz CT molecular complexity index is 1020. The number of nitrogens with one attached hydrogen (secondary N) is 1. The van der Waals surface area contributed by atoms with Crippen LogP contribution in [0.3, 0.4) is 0 Å². The minimum Gasteiger partial charge on any atom is -0.408 e. The Kier molecular flexibility index (Phi) is 3.29. The Morgan fingerprint density at radius 3 is 2.64 bits per heavy atom. The van der Waals surface area contributed by atoms with Crippen molar-refractivity contribution in [3.05, 3.63) is 58.6 Å². The monoisotopic (exact) mass is 318 g/mol. The first kappa shape index (κ1) is 14.4. The van der Waals surface area contributed by atoms with Crippen LogP contribution < -0.4 is 10.5 Å². The summed E-state index contributed by atoms with van der Waals surface area (Å²) in [6.45, 7) is 1.88. The molecule has 3 rings (SSSR count). The molecule has 2 aromatic carbocycles. The predicted octanol–water partition coefficient (Wildman–Crippen LogP) is 2.24. The van der Waals surface area contributed by atoms with Gasteiger partial charge in [0.1, 0.15) is 0 Å². The fourth-order valence-electron chi connectivity index (χ4n) is 2.20. The van der Waals surface area contributed by atoms with Crippen LogP contribution >= 0.6 is 0 Å². The van der Waals surface area contributed by atoms with Crippen molar-refractivity contribution in [2.75, 3.05) is 4.72 Å². The molecule has 0 saturated heterocycles. The van der Waals surface area contributed by atoms with E-state index in [1.54, 1.807) is 31.3 Å². The van der Waals surface area contributed by atoms with Gasteiger partial charge in [0.05, 0.1) is 10.4 Å². The Balaban J connectivity index is 2.03. The fraction of sp³-hybridized carbons (Fsp3) is 0.133. The van der Waals surface area contributed by atoms with Crippen molar-refractivity contribution in [3.63, 3.8) is 0 Å². The van der Waals surface area contributed by atoms with E-state index in [1.807, 2.05) is 13.0 Å². The Morgan fingerprint density at radius 2 is 1.91 bits per heavy atom. The topological polar surface area (TPSA) is 81.3 Å². The molecule has 0 unspecified atom stereocenters. The fourth-order valence-corrected chi connectivity index (χ4v) is 3.27. The van der Waals surface area contributed by atoms with Gasteiger partial charge in [0.15, 0.2) is 5.58 Å².